The van der Waals surface area contributed by atoms with E-state index in [1.807, 2.05) is 45.3 Å². The van der Waals surface area contributed by atoms with Crippen LogP contribution in [0.1, 0.15) is 29.2 Å². The molecule has 1 amide bonds. The van der Waals surface area contributed by atoms with Crippen molar-refractivity contribution in [2.24, 2.45) is 0 Å². The van der Waals surface area contributed by atoms with E-state index in [0.29, 0.717) is 17.9 Å². The van der Waals surface area contributed by atoms with Crippen LogP contribution in [-0.4, -0.2) is 56.0 Å². The van der Waals surface area contributed by atoms with Crippen LogP contribution in [0.3, 0.4) is 0 Å². The normalized spacial score (nSPS) is 18.3. The lowest BCUT2D eigenvalue weighted by Gasteiger charge is -2.25. The van der Waals surface area contributed by atoms with Crippen molar-refractivity contribution in [1.82, 2.24) is 4.90 Å². The van der Waals surface area contributed by atoms with Crippen molar-refractivity contribution < 1.29 is 24.3 Å². The summed E-state index contributed by atoms with van der Waals surface area (Å²) < 4.78 is 5.24. The number of quaternary nitrogens is 1. The smallest absolute Gasteiger partial charge is 0.295 e. The Hall–Kier alpha value is -3.12. The Balaban J connectivity index is 2.07. The fourth-order valence-corrected chi connectivity index (χ4v) is 3.71. The zero-order valence-electron chi connectivity index (χ0n) is 17.9. The first-order valence-electron chi connectivity index (χ1n) is 10.1. The number of carbonyl (C=O) groups excluding carboxylic acids is 2. The highest BCUT2D eigenvalue weighted by Crippen LogP contribution is 2.39. The highest BCUT2D eigenvalue weighted by Gasteiger charge is 2.45. The Morgan fingerprint density at radius 1 is 1.07 bits per heavy atom. The number of rotatable bonds is 7. The summed E-state index contributed by atoms with van der Waals surface area (Å²) in [6.45, 7) is 3.26. The van der Waals surface area contributed by atoms with Crippen LogP contribution in [0.5, 0.6) is 5.75 Å². The standard InChI is InChI=1S/C24H28N2O4/c1-16-6-8-18(9-7-16)22(27)20-21(17-10-12-19(30-4)13-11-17)26(24(29)23(20)28)15-5-14-25(2)3/h6-13,21,27H,5,14-15H2,1-4H3/p+1/t21-/m1/s1. The quantitative estimate of drug-likeness (QED) is 0.417. The molecule has 1 fully saturated rings. The summed E-state index contributed by atoms with van der Waals surface area (Å²) in [6.07, 6.45) is 0.757. The van der Waals surface area contributed by atoms with Gasteiger partial charge in [-0.2, -0.15) is 0 Å². The first-order chi connectivity index (χ1) is 14.3. The molecule has 30 heavy (non-hydrogen) atoms. The van der Waals surface area contributed by atoms with Crippen LogP contribution in [0.4, 0.5) is 0 Å². The second-order valence-electron chi connectivity index (χ2n) is 7.94. The van der Waals surface area contributed by atoms with Gasteiger partial charge in [0.15, 0.2) is 0 Å². The second kappa shape index (κ2) is 9.13. The highest BCUT2D eigenvalue weighted by molar-refractivity contribution is 6.46. The van der Waals surface area contributed by atoms with Crippen molar-refractivity contribution in [3.8, 4) is 5.75 Å². The zero-order valence-corrected chi connectivity index (χ0v) is 17.9. The lowest BCUT2D eigenvalue weighted by Crippen LogP contribution is -3.05. The van der Waals surface area contributed by atoms with Crippen molar-refractivity contribution in [3.05, 3.63) is 70.8 Å². The van der Waals surface area contributed by atoms with Gasteiger partial charge in [-0.05, 0) is 24.6 Å². The molecule has 1 aliphatic heterocycles. The number of carbonyl (C=O) groups is 2. The van der Waals surface area contributed by atoms with E-state index in [4.69, 9.17) is 4.74 Å². The molecule has 158 valence electrons. The molecule has 0 aromatic heterocycles. The molecule has 3 rings (SSSR count). The molecule has 0 saturated carbocycles. The van der Waals surface area contributed by atoms with Crippen molar-refractivity contribution in [1.29, 1.82) is 0 Å². The maximum atomic E-state index is 13.0. The molecule has 6 heteroatoms. The number of aryl methyl sites for hydroxylation is 1. The molecule has 0 radical (unpaired) electrons. The number of ether oxygens (including phenoxy) is 1. The fraction of sp³-hybridized carbons (Fsp3) is 0.333. The number of likely N-dealkylation sites (tertiary alicyclic amines) is 1. The molecule has 1 aliphatic rings. The Morgan fingerprint density at radius 2 is 1.70 bits per heavy atom. The Kier molecular flexibility index (Phi) is 6.57. The molecular weight excluding hydrogens is 380 g/mol. The number of ketones is 1. The van der Waals surface area contributed by atoms with E-state index >= 15 is 0 Å². The minimum absolute atomic E-state index is 0.131. The molecule has 0 spiro atoms. The van der Waals surface area contributed by atoms with Crippen LogP contribution < -0.4 is 9.64 Å². The second-order valence-corrected chi connectivity index (χ2v) is 7.94. The predicted molar refractivity (Wildman–Crippen MR) is 115 cm³/mol. The molecule has 2 N–H and O–H groups in total. The van der Waals surface area contributed by atoms with E-state index in [9.17, 15) is 14.7 Å². The van der Waals surface area contributed by atoms with E-state index in [1.165, 1.54) is 4.90 Å². The van der Waals surface area contributed by atoms with Gasteiger partial charge in [-0.3, -0.25) is 9.59 Å². The molecule has 0 bridgehead atoms. The number of aliphatic hydroxyl groups is 1. The number of hydrogen-bond donors (Lipinski definition) is 2. The van der Waals surface area contributed by atoms with Crippen LogP contribution in [0, 0.1) is 6.92 Å². The summed E-state index contributed by atoms with van der Waals surface area (Å²) in [7, 11) is 5.68. The minimum atomic E-state index is -0.647. The number of aliphatic hydroxyl groups excluding tert-OH is 1. The van der Waals surface area contributed by atoms with Crippen molar-refractivity contribution >= 4 is 17.4 Å². The van der Waals surface area contributed by atoms with Crippen LogP contribution in [0.15, 0.2) is 54.1 Å². The summed E-state index contributed by atoms with van der Waals surface area (Å²) in [5.74, 6) is -0.676. The van der Waals surface area contributed by atoms with E-state index in [1.54, 1.807) is 36.3 Å². The number of benzene rings is 2. The third-order valence-electron chi connectivity index (χ3n) is 5.37. The zero-order chi connectivity index (χ0) is 21.8. The third kappa shape index (κ3) is 4.39. The van der Waals surface area contributed by atoms with Crippen molar-refractivity contribution in [3.63, 3.8) is 0 Å². The first-order valence-corrected chi connectivity index (χ1v) is 10.1. The van der Waals surface area contributed by atoms with Crippen LogP contribution in [0.2, 0.25) is 0 Å². The average molecular weight is 410 g/mol. The summed E-state index contributed by atoms with van der Waals surface area (Å²) in [4.78, 5) is 28.7. The lowest BCUT2D eigenvalue weighted by molar-refractivity contribution is -0.858. The monoisotopic (exact) mass is 409 g/mol. The molecule has 1 atom stereocenters. The molecule has 1 heterocycles. The van der Waals surface area contributed by atoms with Gasteiger partial charge < -0.3 is 19.6 Å². The maximum Gasteiger partial charge on any atom is 0.295 e. The molecule has 0 unspecified atom stereocenters. The Morgan fingerprint density at radius 3 is 2.27 bits per heavy atom. The molecule has 2 aromatic carbocycles. The number of amides is 1. The summed E-state index contributed by atoms with van der Waals surface area (Å²) in [5.41, 5.74) is 2.46. The third-order valence-corrected chi connectivity index (χ3v) is 5.37. The molecule has 2 aromatic rings. The average Bonchev–Trinajstić information content (AvgIpc) is 2.98. The maximum absolute atomic E-state index is 13.0. The molecular formula is C24H29N2O4+. The Bertz CT molecular complexity index is 946. The summed E-state index contributed by atoms with van der Waals surface area (Å²) in [6, 6.07) is 13.9. The van der Waals surface area contributed by atoms with Crippen LogP contribution >= 0.6 is 0 Å². The number of Topliss-reactive ketones (excluding diaryl/α,β-unsaturated/α-hetero) is 1. The lowest BCUT2D eigenvalue weighted by atomic mass is 9.95. The minimum Gasteiger partial charge on any atom is -0.507 e. The largest absolute Gasteiger partial charge is 0.507 e. The number of nitrogens with zero attached hydrogens (tertiary/aromatic N) is 1. The van der Waals surface area contributed by atoms with Crippen molar-refractivity contribution in [2.45, 2.75) is 19.4 Å². The highest BCUT2D eigenvalue weighted by atomic mass is 16.5. The Labute approximate surface area is 177 Å². The molecule has 6 nitrogen and oxygen atoms in total. The topological polar surface area (TPSA) is 71.3 Å². The number of hydrogen-bond acceptors (Lipinski definition) is 4. The van der Waals surface area contributed by atoms with Crippen LogP contribution in [0.25, 0.3) is 5.76 Å². The van der Waals surface area contributed by atoms with Crippen LogP contribution in [-0.2, 0) is 9.59 Å². The van der Waals surface area contributed by atoms with E-state index < -0.39 is 17.7 Å². The van der Waals surface area contributed by atoms with Gasteiger partial charge in [0.25, 0.3) is 11.7 Å². The van der Waals surface area contributed by atoms with Gasteiger partial charge in [-0.25, -0.2) is 0 Å². The summed E-state index contributed by atoms with van der Waals surface area (Å²) in [5, 5.41) is 11.0. The number of nitrogens with one attached hydrogen (secondary N) is 1. The molecule has 0 aliphatic carbocycles. The van der Waals surface area contributed by atoms with Gasteiger partial charge in [0.05, 0.1) is 39.4 Å². The van der Waals surface area contributed by atoms with E-state index in [2.05, 4.69) is 0 Å². The summed E-state index contributed by atoms with van der Waals surface area (Å²) >= 11 is 0. The fourth-order valence-electron chi connectivity index (χ4n) is 3.71. The van der Waals surface area contributed by atoms with E-state index in [-0.39, 0.29) is 11.3 Å². The van der Waals surface area contributed by atoms with Gasteiger partial charge in [0, 0.05) is 18.5 Å². The van der Waals surface area contributed by atoms with E-state index in [0.717, 1.165) is 24.1 Å². The first kappa shape index (κ1) is 21.6. The van der Waals surface area contributed by atoms with Gasteiger partial charge in [-0.1, -0.05) is 42.0 Å². The van der Waals surface area contributed by atoms with Gasteiger partial charge in [0.2, 0.25) is 0 Å². The van der Waals surface area contributed by atoms with Gasteiger partial charge in [-0.15, -0.1) is 0 Å². The van der Waals surface area contributed by atoms with Gasteiger partial charge in [0.1, 0.15) is 11.5 Å². The SMILES string of the molecule is COc1ccc([C@@H]2C(=C(O)c3ccc(C)cc3)C(=O)C(=O)N2CCC[NH+](C)C)cc1. The van der Waals surface area contributed by atoms with Gasteiger partial charge >= 0.3 is 0 Å². The molecule has 1 saturated heterocycles. The van der Waals surface area contributed by atoms with Crippen molar-refractivity contribution in [2.75, 3.05) is 34.3 Å². The predicted octanol–water partition coefficient (Wildman–Crippen LogP) is 1.96. The number of methoxy groups -OCH3 is 1.